The molecule has 102 valence electrons. The summed E-state index contributed by atoms with van der Waals surface area (Å²) in [5.74, 6) is 0.918. The van der Waals surface area contributed by atoms with Crippen molar-refractivity contribution in [3.8, 4) is 11.6 Å². The Morgan fingerprint density at radius 1 is 1.10 bits per heavy atom. The zero-order valence-electron chi connectivity index (χ0n) is 10.8. The Labute approximate surface area is 124 Å². The quantitative estimate of drug-likeness (QED) is 0.578. The highest BCUT2D eigenvalue weighted by Gasteiger charge is 2.11. The summed E-state index contributed by atoms with van der Waals surface area (Å²) in [6.07, 6.45) is 0. The molecule has 0 atom stereocenters. The summed E-state index contributed by atoms with van der Waals surface area (Å²) in [7, 11) is 0. The molecule has 1 N–H and O–H groups in total. The van der Waals surface area contributed by atoms with Crippen molar-refractivity contribution in [1.29, 1.82) is 0 Å². The number of hydrogen-bond donors (Lipinski definition) is 1. The van der Waals surface area contributed by atoms with Crippen molar-refractivity contribution in [3.63, 3.8) is 0 Å². The summed E-state index contributed by atoms with van der Waals surface area (Å²) in [6, 6.07) is 14.4. The van der Waals surface area contributed by atoms with Gasteiger partial charge in [0.25, 0.3) is 5.56 Å². The van der Waals surface area contributed by atoms with Crippen LogP contribution in [0.2, 0.25) is 5.02 Å². The van der Waals surface area contributed by atoms with Gasteiger partial charge in [0.2, 0.25) is 0 Å². The number of para-hydroxylation sites is 1. The van der Waals surface area contributed by atoms with E-state index in [1.807, 2.05) is 24.3 Å². The van der Waals surface area contributed by atoms with Gasteiger partial charge >= 0.3 is 0 Å². The average Bonchev–Trinajstić information content (AvgIpc) is 2.90. The first-order valence-electron chi connectivity index (χ1n) is 6.39. The van der Waals surface area contributed by atoms with E-state index in [2.05, 4.69) is 9.97 Å². The van der Waals surface area contributed by atoms with Crippen LogP contribution >= 0.6 is 11.6 Å². The molecular formula is C16H9ClN2O2. The van der Waals surface area contributed by atoms with Gasteiger partial charge in [-0.25, -0.2) is 4.98 Å². The fraction of sp³-hybridized carbons (Fsp3) is 0. The highest BCUT2D eigenvalue weighted by Crippen LogP contribution is 2.27. The van der Waals surface area contributed by atoms with Crippen molar-refractivity contribution in [2.45, 2.75) is 0 Å². The summed E-state index contributed by atoms with van der Waals surface area (Å²) < 4.78 is 5.72. The van der Waals surface area contributed by atoms with Crippen LogP contribution in [0.4, 0.5) is 0 Å². The third-order valence-corrected chi connectivity index (χ3v) is 3.56. The molecule has 0 aliphatic carbocycles. The van der Waals surface area contributed by atoms with E-state index in [1.54, 1.807) is 24.3 Å². The van der Waals surface area contributed by atoms with Crippen LogP contribution in [-0.4, -0.2) is 9.97 Å². The van der Waals surface area contributed by atoms with E-state index in [4.69, 9.17) is 16.0 Å². The Balaban J connectivity index is 1.97. The molecule has 0 aliphatic rings. The monoisotopic (exact) mass is 296 g/mol. The smallest absolute Gasteiger partial charge is 0.259 e. The van der Waals surface area contributed by atoms with Gasteiger partial charge in [-0.05, 0) is 36.4 Å². The molecule has 0 amide bonds. The third-order valence-electron chi connectivity index (χ3n) is 3.32. The standard InChI is InChI=1S/C16H9ClN2O2/c17-10-5-6-13-9(7-10)8-14(21-13)15-18-12-4-2-1-3-11(12)16(20)19-15/h1-8H,(H,18,19,20). The number of H-pyrrole nitrogens is 1. The molecule has 0 aliphatic heterocycles. The number of rotatable bonds is 1. The first-order valence-corrected chi connectivity index (χ1v) is 6.77. The first kappa shape index (κ1) is 12.2. The number of aromatic amines is 1. The van der Waals surface area contributed by atoms with Gasteiger partial charge in [0.05, 0.1) is 10.9 Å². The van der Waals surface area contributed by atoms with Gasteiger partial charge in [0, 0.05) is 10.4 Å². The van der Waals surface area contributed by atoms with Crippen LogP contribution in [0.3, 0.4) is 0 Å². The average molecular weight is 297 g/mol. The second-order valence-electron chi connectivity index (χ2n) is 4.72. The predicted octanol–water partition coefficient (Wildman–Crippen LogP) is 3.99. The summed E-state index contributed by atoms with van der Waals surface area (Å²) in [5, 5.41) is 2.06. The highest BCUT2D eigenvalue weighted by molar-refractivity contribution is 6.31. The largest absolute Gasteiger partial charge is 0.453 e. The lowest BCUT2D eigenvalue weighted by molar-refractivity contribution is 0.625. The zero-order valence-corrected chi connectivity index (χ0v) is 11.5. The van der Waals surface area contributed by atoms with Crippen LogP contribution in [0.25, 0.3) is 33.5 Å². The van der Waals surface area contributed by atoms with E-state index in [9.17, 15) is 4.79 Å². The van der Waals surface area contributed by atoms with Crippen molar-refractivity contribution in [1.82, 2.24) is 9.97 Å². The van der Waals surface area contributed by atoms with Gasteiger partial charge in [0.15, 0.2) is 11.6 Å². The molecule has 0 saturated heterocycles. The molecule has 0 bridgehead atoms. The fourth-order valence-electron chi connectivity index (χ4n) is 2.33. The van der Waals surface area contributed by atoms with Crippen LogP contribution in [-0.2, 0) is 0 Å². The van der Waals surface area contributed by atoms with Crippen molar-refractivity contribution in [2.75, 3.05) is 0 Å². The Hall–Kier alpha value is -2.59. The lowest BCUT2D eigenvalue weighted by atomic mass is 10.2. The second-order valence-corrected chi connectivity index (χ2v) is 5.16. The van der Waals surface area contributed by atoms with Gasteiger partial charge in [-0.15, -0.1) is 0 Å². The highest BCUT2D eigenvalue weighted by atomic mass is 35.5. The normalized spacial score (nSPS) is 11.3. The Morgan fingerprint density at radius 2 is 1.95 bits per heavy atom. The van der Waals surface area contributed by atoms with E-state index in [1.165, 1.54) is 0 Å². The van der Waals surface area contributed by atoms with Crippen molar-refractivity contribution < 1.29 is 4.42 Å². The van der Waals surface area contributed by atoms with Crippen LogP contribution in [0, 0.1) is 0 Å². The Kier molecular flexibility index (Phi) is 2.59. The molecule has 4 aromatic rings. The molecule has 4 rings (SSSR count). The SMILES string of the molecule is O=c1[nH]c(-c2cc3cc(Cl)ccc3o2)nc2ccccc12. The molecular weight excluding hydrogens is 288 g/mol. The van der Waals surface area contributed by atoms with Crippen LogP contribution in [0.1, 0.15) is 0 Å². The minimum absolute atomic E-state index is 0.186. The maximum atomic E-state index is 12.1. The zero-order chi connectivity index (χ0) is 14.4. The summed E-state index contributed by atoms with van der Waals surface area (Å²) in [6.45, 7) is 0. The summed E-state index contributed by atoms with van der Waals surface area (Å²) >= 11 is 5.96. The molecule has 0 fully saturated rings. The lowest BCUT2D eigenvalue weighted by Gasteiger charge is -1.99. The maximum absolute atomic E-state index is 12.1. The fourth-order valence-corrected chi connectivity index (χ4v) is 2.51. The second kappa shape index (κ2) is 4.46. The number of halogens is 1. The predicted molar refractivity (Wildman–Crippen MR) is 82.6 cm³/mol. The lowest BCUT2D eigenvalue weighted by Crippen LogP contribution is -2.08. The van der Waals surface area contributed by atoms with Crippen LogP contribution < -0.4 is 5.56 Å². The van der Waals surface area contributed by atoms with E-state index in [0.717, 1.165) is 5.39 Å². The molecule has 2 aromatic heterocycles. The Morgan fingerprint density at radius 3 is 2.86 bits per heavy atom. The van der Waals surface area contributed by atoms with E-state index >= 15 is 0 Å². The maximum Gasteiger partial charge on any atom is 0.259 e. The molecule has 4 nitrogen and oxygen atoms in total. The number of nitrogens with one attached hydrogen (secondary N) is 1. The molecule has 5 heteroatoms. The number of furan rings is 1. The summed E-state index contributed by atoms with van der Waals surface area (Å²) in [4.78, 5) is 19.3. The molecule has 2 aromatic carbocycles. The molecule has 0 saturated carbocycles. The first-order chi connectivity index (χ1) is 10.2. The van der Waals surface area contributed by atoms with E-state index in [0.29, 0.717) is 33.1 Å². The van der Waals surface area contributed by atoms with Gasteiger partial charge in [-0.3, -0.25) is 4.79 Å². The number of fused-ring (bicyclic) bond motifs is 2. The number of benzene rings is 2. The van der Waals surface area contributed by atoms with Crippen molar-refractivity contribution in [3.05, 3.63) is 63.9 Å². The molecule has 21 heavy (non-hydrogen) atoms. The van der Waals surface area contributed by atoms with Gasteiger partial charge in [-0.1, -0.05) is 23.7 Å². The Bertz CT molecular complexity index is 1030. The van der Waals surface area contributed by atoms with Gasteiger partial charge in [-0.2, -0.15) is 0 Å². The van der Waals surface area contributed by atoms with Crippen molar-refractivity contribution in [2.24, 2.45) is 0 Å². The van der Waals surface area contributed by atoms with E-state index in [-0.39, 0.29) is 5.56 Å². The van der Waals surface area contributed by atoms with Gasteiger partial charge < -0.3 is 9.40 Å². The third kappa shape index (κ3) is 2.00. The minimum atomic E-state index is -0.186. The molecule has 2 heterocycles. The number of hydrogen-bond acceptors (Lipinski definition) is 3. The topological polar surface area (TPSA) is 58.9 Å². The van der Waals surface area contributed by atoms with E-state index < -0.39 is 0 Å². The molecule has 0 spiro atoms. The molecule has 0 unspecified atom stereocenters. The van der Waals surface area contributed by atoms with Gasteiger partial charge in [0.1, 0.15) is 5.58 Å². The summed E-state index contributed by atoms with van der Waals surface area (Å²) in [5.41, 5.74) is 1.15. The number of aromatic nitrogens is 2. The van der Waals surface area contributed by atoms with Crippen LogP contribution in [0.15, 0.2) is 57.7 Å². The van der Waals surface area contributed by atoms with Crippen LogP contribution in [0.5, 0.6) is 0 Å². The molecule has 0 radical (unpaired) electrons. The van der Waals surface area contributed by atoms with Crippen molar-refractivity contribution >= 4 is 33.5 Å². The minimum Gasteiger partial charge on any atom is -0.453 e. The number of nitrogens with zero attached hydrogens (tertiary/aromatic N) is 1.